The quantitative estimate of drug-likeness (QED) is 0.460. The molecule has 162 valence electrons. The van der Waals surface area contributed by atoms with Crippen LogP contribution in [0.1, 0.15) is 72.6 Å². The van der Waals surface area contributed by atoms with Gasteiger partial charge in [-0.3, -0.25) is 14.4 Å². The number of Topliss-reactive ketones (excluding diaryl/α,β-unsaturated/α-hetero) is 1. The van der Waals surface area contributed by atoms with Gasteiger partial charge in [0, 0.05) is 30.8 Å². The molecule has 29 heavy (non-hydrogen) atoms. The van der Waals surface area contributed by atoms with Crippen LogP contribution in [0.15, 0.2) is 0 Å². The molecule has 1 atom stereocenters. The molecule has 0 aliphatic rings. The fourth-order valence-electron chi connectivity index (χ4n) is 3.58. The van der Waals surface area contributed by atoms with Crippen molar-refractivity contribution in [2.75, 3.05) is 13.7 Å². The molecule has 0 radical (unpaired) electrons. The molecule has 1 rings (SSSR count). The van der Waals surface area contributed by atoms with E-state index in [-0.39, 0.29) is 37.2 Å². The lowest BCUT2D eigenvalue weighted by Crippen LogP contribution is -2.47. The van der Waals surface area contributed by atoms with Crippen molar-refractivity contribution in [2.24, 2.45) is 7.05 Å². The monoisotopic (exact) mass is 408 g/mol. The molecule has 1 amide bonds. The van der Waals surface area contributed by atoms with Crippen LogP contribution in [-0.2, 0) is 26.1 Å². The number of nitrogens with zero attached hydrogens (tertiary/aromatic N) is 2. The van der Waals surface area contributed by atoms with Crippen molar-refractivity contribution in [3.8, 4) is 0 Å². The number of hydrogen-bond acceptors (Lipinski definition) is 6. The summed E-state index contributed by atoms with van der Waals surface area (Å²) in [5.41, 5.74) is 1.87. The Morgan fingerprint density at radius 3 is 2.14 bits per heavy atom. The van der Waals surface area contributed by atoms with Crippen molar-refractivity contribution in [3.63, 3.8) is 0 Å². The molecule has 1 aromatic rings. The second kappa shape index (κ2) is 10.2. The Hall–Kier alpha value is -2.64. The first-order valence-electron chi connectivity index (χ1n) is 9.74. The fraction of sp³-hybridized carbons (Fsp3) is 0.619. The summed E-state index contributed by atoms with van der Waals surface area (Å²) in [6.07, 6.45) is -0.0680. The first-order chi connectivity index (χ1) is 13.5. The Labute approximate surface area is 172 Å². The van der Waals surface area contributed by atoms with Gasteiger partial charge in [0.05, 0.1) is 26.2 Å². The minimum atomic E-state index is -0.755. The summed E-state index contributed by atoms with van der Waals surface area (Å²) >= 11 is 0. The van der Waals surface area contributed by atoms with E-state index in [1.165, 1.54) is 12.0 Å². The Balaban J connectivity index is 3.18. The minimum Gasteiger partial charge on any atom is -0.466 e. The number of methoxy groups -OCH3 is 1. The summed E-state index contributed by atoms with van der Waals surface area (Å²) in [7, 11) is 2.98. The number of rotatable bonds is 9. The molecule has 0 spiro atoms. The minimum absolute atomic E-state index is 0.0329. The van der Waals surface area contributed by atoms with Crippen LogP contribution in [0.4, 0.5) is 0 Å². The molecule has 0 bridgehead atoms. The van der Waals surface area contributed by atoms with Gasteiger partial charge in [-0.15, -0.1) is 0 Å². The number of ketones is 1. The van der Waals surface area contributed by atoms with Gasteiger partial charge >= 0.3 is 11.9 Å². The van der Waals surface area contributed by atoms with Crippen LogP contribution in [0.25, 0.3) is 0 Å². The van der Waals surface area contributed by atoms with Crippen LogP contribution in [0.2, 0.25) is 0 Å². The predicted molar refractivity (Wildman–Crippen MR) is 108 cm³/mol. The van der Waals surface area contributed by atoms with Crippen molar-refractivity contribution in [1.29, 1.82) is 0 Å². The van der Waals surface area contributed by atoms with Gasteiger partial charge in [0.1, 0.15) is 5.69 Å². The zero-order chi connectivity index (χ0) is 22.5. The van der Waals surface area contributed by atoms with Crippen LogP contribution in [-0.4, -0.2) is 58.9 Å². The third-order valence-electron chi connectivity index (χ3n) is 5.05. The van der Waals surface area contributed by atoms with Crippen molar-refractivity contribution in [1.82, 2.24) is 9.47 Å². The third-order valence-corrected chi connectivity index (χ3v) is 5.05. The molecule has 0 aliphatic heterocycles. The molecule has 8 nitrogen and oxygen atoms in total. The smallest absolute Gasteiger partial charge is 0.354 e. The van der Waals surface area contributed by atoms with E-state index in [1.54, 1.807) is 39.3 Å². The summed E-state index contributed by atoms with van der Waals surface area (Å²) in [6, 6.07) is -0.997. The highest BCUT2D eigenvalue weighted by molar-refractivity contribution is 6.06. The van der Waals surface area contributed by atoms with Gasteiger partial charge < -0.3 is 18.9 Å². The Bertz CT molecular complexity index is 794. The van der Waals surface area contributed by atoms with E-state index in [4.69, 9.17) is 9.47 Å². The van der Waals surface area contributed by atoms with Gasteiger partial charge in [-0.25, -0.2) is 4.79 Å². The highest BCUT2D eigenvalue weighted by Crippen LogP contribution is 2.25. The van der Waals surface area contributed by atoms with Gasteiger partial charge in [0.15, 0.2) is 5.78 Å². The van der Waals surface area contributed by atoms with Gasteiger partial charge in [-0.05, 0) is 47.1 Å². The molecule has 0 saturated heterocycles. The number of esters is 2. The lowest BCUT2D eigenvalue weighted by atomic mass is 9.98. The molecule has 1 aromatic heterocycles. The lowest BCUT2D eigenvalue weighted by Gasteiger charge is -2.32. The highest BCUT2D eigenvalue weighted by atomic mass is 16.5. The van der Waals surface area contributed by atoms with E-state index in [0.29, 0.717) is 22.5 Å². The number of aromatic nitrogens is 1. The van der Waals surface area contributed by atoms with Crippen molar-refractivity contribution in [2.45, 2.75) is 66.5 Å². The number of ether oxygens (including phenoxy) is 2. The fourth-order valence-corrected chi connectivity index (χ4v) is 3.58. The highest BCUT2D eigenvalue weighted by Gasteiger charge is 2.33. The molecule has 8 heteroatoms. The Kier molecular flexibility index (Phi) is 8.60. The zero-order valence-electron chi connectivity index (χ0n) is 18.6. The molecule has 0 saturated carbocycles. The van der Waals surface area contributed by atoms with Gasteiger partial charge in [0.25, 0.3) is 0 Å². The maximum Gasteiger partial charge on any atom is 0.354 e. The van der Waals surface area contributed by atoms with Crippen LogP contribution in [0.3, 0.4) is 0 Å². The van der Waals surface area contributed by atoms with Crippen LogP contribution in [0.5, 0.6) is 0 Å². The van der Waals surface area contributed by atoms with Crippen LogP contribution >= 0.6 is 0 Å². The average molecular weight is 408 g/mol. The second-order valence-corrected chi connectivity index (χ2v) is 7.22. The predicted octanol–water partition coefficient (Wildman–Crippen LogP) is 2.58. The summed E-state index contributed by atoms with van der Waals surface area (Å²) in [4.78, 5) is 51.2. The maximum absolute atomic E-state index is 13.3. The molecular weight excluding hydrogens is 376 g/mol. The molecule has 0 aromatic carbocycles. The number of amides is 1. The van der Waals surface area contributed by atoms with Crippen molar-refractivity contribution < 1.29 is 28.7 Å². The SMILES string of the molecule is CCOC(=O)CCC(=O)N(C(C)C)C(C)C(=O)c1c(C)c(C(=O)OC)n(C)c1C. The molecule has 0 N–H and O–H groups in total. The summed E-state index contributed by atoms with van der Waals surface area (Å²) in [6.45, 7) is 10.7. The number of carbonyl (C=O) groups excluding carboxylic acids is 4. The van der Waals surface area contributed by atoms with E-state index < -0.39 is 18.0 Å². The van der Waals surface area contributed by atoms with Crippen molar-refractivity contribution in [3.05, 3.63) is 22.5 Å². The topological polar surface area (TPSA) is 94.9 Å². The molecule has 1 heterocycles. The summed E-state index contributed by atoms with van der Waals surface area (Å²) in [5, 5.41) is 0. The lowest BCUT2D eigenvalue weighted by molar-refractivity contribution is -0.146. The number of carbonyl (C=O) groups is 4. The van der Waals surface area contributed by atoms with E-state index in [9.17, 15) is 19.2 Å². The van der Waals surface area contributed by atoms with Gasteiger partial charge in [-0.1, -0.05) is 0 Å². The Morgan fingerprint density at radius 2 is 1.66 bits per heavy atom. The standard InChI is InChI=1S/C21H32N2O6/c1-9-29-17(25)11-10-16(24)23(12(2)3)15(6)20(26)18-13(4)19(21(27)28-8)22(7)14(18)5/h12,15H,9-11H2,1-8H3. The van der Waals surface area contributed by atoms with E-state index >= 15 is 0 Å². The van der Waals surface area contributed by atoms with E-state index in [1.807, 2.05) is 13.8 Å². The van der Waals surface area contributed by atoms with Crippen LogP contribution < -0.4 is 0 Å². The largest absolute Gasteiger partial charge is 0.466 e. The summed E-state index contributed by atoms with van der Waals surface area (Å²) in [5.74, 6) is -1.52. The van der Waals surface area contributed by atoms with Gasteiger partial charge in [0.2, 0.25) is 5.91 Å². The molecule has 0 fully saturated rings. The first kappa shape index (κ1) is 24.4. The Morgan fingerprint density at radius 1 is 1.07 bits per heavy atom. The van der Waals surface area contributed by atoms with E-state index in [0.717, 1.165) is 0 Å². The summed E-state index contributed by atoms with van der Waals surface area (Å²) < 4.78 is 11.3. The number of hydrogen-bond donors (Lipinski definition) is 0. The maximum atomic E-state index is 13.3. The molecular formula is C21H32N2O6. The third kappa shape index (κ3) is 5.25. The zero-order valence-corrected chi connectivity index (χ0v) is 18.6. The average Bonchev–Trinajstić information content (AvgIpc) is 2.87. The first-order valence-corrected chi connectivity index (χ1v) is 9.74. The molecule has 0 aliphatic carbocycles. The van der Waals surface area contributed by atoms with Crippen molar-refractivity contribution >= 4 is 23.6 Å². The van der Waals surface area contributed by atoms with Gasteiger partial charge in [-0.2, -0.15) is 0 Å². The normalized spacial score (nSPS) is 11.9. The van der Waals surface area contributed by atoms with Crippen LogP contribution in [0, 0.1) is 13.8 Å². The van der Waals surface area contributed by atoms with E-state index in [2.05, 4.69) is 0 Å². The molecule has 1 unspecified atom stereocenters. The second-order valence-electron chi connectivity index (χ2n) is 7.22.